The molecule has 0 unspecified atom stereocenters. The molecule has 8 heteroatoms. The van der Waals surface area contributed by atoms with E-state index in [1.54, 1.807) is 17.9 Å². The summed E-state index contributed by atoms with van der Waals surface area (Å²) in [6, 6.07) is 23.2. The first kappa shape index (κ1) is 23.7. The highest BCUT2D eigenvalue weighted by molar-refractivity contribution is 5.96. The van der Waals surface area contributed by atoms with Crippen LogP contribution in [0.5, 0.6) is 5.88 Å². The third-order valence-electron chi connectivity index (χ3n) is 6.36. The van der Waals surface area contributed by atoms with Crippen LogP contribution >= 0.6 is 0 Å². The van der Waals surface area contributed by atoms with Gasteiger partial charge >= 0.3 is 0 Å². The summed E-state index contributed by atoms with van der Waals surface area (Å²) in [6.07, 6.45) is 3.51. The van der Waals surface area contributed by atoms with Gasteiger partial charge in [0.05, 0.1) is 30.0 Å². The second-order valence-electron chi connectivity index (χ2n) is 8.71. The Morgan fingerprint density at radius 2 is 1.89 bits per heavy atom. The number of nitrogen functional groups attached to an aromatic ring is 1. The van der Waals surface area contributed by atoms with Crippen molar-refractivity contribution in [3.63, 3.8) is 0 Å². The van der Waals surface area contributed by atoms with E-state index in [2.05, 4.69) is 21.0 Å². The Labute approximate surface area is 213 Å². The van der Waals surface area contributed by atoms with E-state index in [0.29, 0.717) is 28.9 Å². The van der Waals surface area contributed by atoms with Crippen molar-refractivity contribution in [3.05, 3.63) is 106 Å². The number of ether oxygens (including phenoxy) is 1. The van der Waals surface area contributed by atoms with Crippen LogP contribution < -0.4 is 16.0 Å². The average molecular weight is 489 g/mol. The molecule has 0 spiro atoms. The number of fused-ring (bicyclic) bond motifs is 1. The minimum Gasteiger partial charge on any atom is -0.481 e. The largest absolute Gasteiger partial charge is 0.481 e. The highest BCUT2D eigenvalue weighted by Gasteiger charge is 2.21. The Hall–Kier alpha value is -5.03. The number of benzene rings is 2. The summed E-state index contributed by atoms with van der Waals surface area (Å²) in [4.78, 5) is 26.7. The summed E-state index contributed by atoms with van der Waals surface area (Å²) in [7, 11) is 1.56. The predicted molar refractivity (Wildman–Crippen MR) is 143 cm³/mol. The molecule has 2 N–H and O–H groups in total. The van der Waals surface area contributed by atoms with Gasteiger partial charge in [-0.3, -0.25) is 9.36 Å². The Morgan fingerprint density at radius 1 is 1.08 bits per heavy atom. The first-order valence-corrected chi connectivity index (χ1v) is 11.8. The van der Waals surface area contributed by atoms with Gasteiger partial charge in [-0.25, -0.2) is 15.0 Å². The molecule has 37 heavy (non-hydrogen) atoms. The third-order valence-corrected chi connectivity index (χ3v) is 6.36. The zero-order valence-corrected chi connectivity index (χ0v) is 20.4. The van der Waals surface area contributed by atoms with Crippen LogP contribution in [0.25, 0.3) is 27.6 Å². The highest BCUT2D eigenvalue weighted by atomic mass is 16.5. The maximum absolute atomic E-state index is 14.3. The molecule has 3 heterocycles. The van der Waals surface area contributed by atoms with Crippen LogP contribution in [0, 0.1) is 11.3 Å². The van der Waals surface area contributed by atoms with Crippen LogP contribution in [0.2, 0.25) is 0 Å². The fourth-order valence-corrected chi connectivity index (χ4v) is 4.59. The van der Waals surface area contributed by atoms with Gasteiger partial charge in [-0.1, -0.05) is 43.3 Å². The fraction of sp³-hybridized carbons (Fsp3) is 0.138. The molecule has 5 rings (SSSR count). The number of anilines is 1. The predicted octanol–water partition coefficient (Wildman–Crippen LogP) is 4.65. The molecule has 3 aromatic heterocycles. The zero-order valence-electron chi connectivity index (χ0n) is 20.4. The van der Waals surface area contributed by atoms with E-state index >= 15 is 0 Å². The molecule has 0 aliphatic heterocycles. The molecule has 0 fully saturated rings. The highest BCUT2D eigenvalue weighted by Crippen LogP contribution is 2.31. The van der Waals surface area contributed by atoms with Gasteiger partial charge in [-0.05, 0) is 47.2 Å². The van der Waals surface area contributed by atoms with E-state index in [4.69, 9.17) is 10.5 Å². The van der Waals surface area contributed by atoms with Crippen LogP contribution in [0.15, 0.2) is 83.9 Å². The minimum atomic E-state index is -0.164. The van der Waals surface area contributed by atoms with Crippen LogP contribution in [0.4, 0.5) is 5.95 Å². The molecule has 0 aliphatic rings. The molecular weight excluding hydrogens is 464 g/mol. The number of hydrogen-bond acceptors (Lipinski definition) is 7. The van der Waals surface area contributed by atoms with Crippen LogP contribution in [0.3, 0.4) is 0 Å². The first-order valence-electron chi connectivity index (χ1n) is 11.8. The van der Waals surface area contributed by atoms with Gasteiger partial charge in [0.15, 0.2) is 0 Å². The number of pyridine rings is 2. The minimum absolute atomic E-state index is 0.109. The van der Waals surface area contributed by atoms with E-state index in [1.165, 1.54) is 6.20 Å². The van der Waals surface area contributed by atoms with Crippen LogP contribution in [0.1, 0.15) is 29.8 Å². The number of nitrogens with zero attached hydrogens (tertiary/aromatic N) is 5. The summed E-state index contributed by atoms with van der Waals surface area (Å²) < 4.78 is 7.05. The van der Waals surface area contributed by atoms with Crippen molar-refractivity contribution in [2.45, 2.75) is 19.3 Å². The lowest BCUT2D eigenvalue weighted by Gasteiger charge is -2.21. The van der Waals surface area contributed by atoms with E-state index < -0.39 is 0 Å². The molecule has 0 saturated heterocycles. The molecular formula is C29H24N6O2. The van der Waals surface area contributed by atoms with E-state index in [9.17, 15) is 10.1 Å². The second-order valence-corrected chi connectivity index (χ2v) is 8.71. The standard InChI is InChI=1S/C29H24N6O2/c1-18(13-24-21(16-30)17-33-29(31)34-24)25-14-20-7-6-10-23(19-11-12-32-26(15-19)37-2)27(20)28(36)35(25)22-8-4-3-5-9-22/h3-12,14-15,17-18H,13H2,1-2H3,(H2,31,33,34)/t18-/m1/s1. The van der Waals surface area contributed by atoms with Gasteiger partial charge < -0.3 is 10.5 Å². The number of hydrogen-bond donors (Lipinski definition) is 1. The average Bonchev–Trinajstić information content (AvgIpc) is 2.93. The molecule has 0 amide bonds. The quantitative estimate of drug-likeness (QED) is 0.369. The first-order chi connectivity index (χ1) is 18.0. The number of nitriles is 1. The van der Waals surface area contributed by atoms with E-state index in [-0.39, 0.29) is 17.4 Å². The van der Waals surface area contributed by atoms with Crippen LogP contribution in [-0.2, 0) is 6.42 Å². The number of aromatic nitrogens is 4. The fourth-order valence-electron chi connectivity index (χ4n) is 4.59. The smallest absolute Gasteiger partial charge is 0.263 e. The SMILES string of the molecule is COc1cc(-c2cccc3cc([C@H](C)Cc4nc(N)ncc4C#N)n(-c4ccccc4)c(=O)c23)ccn1. The second kappa shape index (κ2) is 9.91. The third kappa shape index (κ3) is 4.50. The van der Waals surface area contributed by atoms with Gasteiger partial charge in [0.2, 0.25) is 11.8 Å². The maximum atomic E-state index is 14.3. The van der Waals surface area contributed by atoms with E-state index in [1.807, 2.05) is 73.7 Å². The number of nitrogens with two attached hydrogens (primary N) is 1. The summed E-state index contributed by atoms with van der Waals surface area (Å²) in [5.74, 6) is 0.418. The molecule has 0 aliphatic carbocycles. The van der Waals surface area contributed by atoms with Crippen molar-refractivity contribution < 1.29 is 4.74 Å². The van der Waals surface area contributed by atoms with Gasteiger partial charge in [-0.15, -0.1) is 0 Å². The Balaban J connectivity index is 1.74. The molecule has 182 valence electrons. The molecule has 8 nitrogen and oxygen atoms in total. The Morgan fingerprint density at radius 3 is 2.65 bits per heavy atom. The number of para-hydroxylation sites is 1. The van der Waals surface area contributed by atoms with Crippen molar-refractivity contribution in [3.8, 4) is 28.8 Å². The van der Waals surface area contributed by atoms with Gasteiger partial charge in [0.1, 0.15) is 6.07 Å². The van der Waals surface area contributed by atoms with Crippen molar-refractivity contribution in [1.29, 1.82) is 5.26 Å². The van der Waals surface area contributed by atoms with Crippen molar-refractivity contribution in [1.82, 2.24) is 19.5 Å². The maximum Gasteiger partial charge on any atom is 0.263 e. The lowest BCUT2D eigenvalue weighted by Crippen LogP contribution is -2.24. The van der Waals surface area contributed by atoms with Crippen molar-refractivity contribution in [2.24, 2.45) is 0 Å². The Bertz CT molecular complexity index is 1710. The summed E-state index contributed by atoms with van der Waals surface area (Å²) >= 11 is 0. The van der Waals surface area contributed by atoms with Gasteiger partial charge in [-0.2, -0.15) is 5.26 Å². The molecule has 0 saturated carbocycles. The molecule has 1 atom stereocenters. The van der Waals surface area contributed by atoms with Crippen LogP contribution in [-0.4, -0.2) is 26.6 Å². The number of methoxy groups -OCH3 is 1. The van der Waals surface area contributed by atoms with Crippen molar-refractivity contribution >= 4 is 16.7 Å². The monoisotopic (exact) mass is 488 g/mol. The van der Waals surface area contributed by atoms with Gasteiger partial charge in [0.25, 0.3) is 5.56 Å². The lowest BCUT2D eigenvalue weighted by atomic mass is 9.94. The molecule has 0 radical (unpaired) electrons. The van der Waals surface area contributed by atoms with Gasteiger partial charge in [0, 0.05) is 29.6 Å². The molecule has 5 aromatic rings. The molecule has 0 bridgehead atoms. The Kier molecular flexibility index (Phi) is 6.35. The zero-order chi connectivity index (χ0) is 25.9. The topological polar surface area (TPSA) is 120 Å². The number of rotatable bonds is 6. The summed E-state index contributed by atoms with van der Waals surface area (Å²) in [6.45, 7) is 2.01. The van der Waals surface area contributed by atoms with Crippen molar-refractivity contribution in [2.75, 3.05) is 12.8 Å². The lowest BCUT2D eigenvalue weighted by molar-refractivity contribution is 0.398. The van der Waals surface area contributed by atoms with E-state index in [0.717, 1.165) is 27.9 Å². The summed E-state index contributed by atoms with van der Waals surface area (Å²) in [5.41, 5.74) is 9.77. The molecule has 2 aromatic carbocycles. The summed E-state index contributed by atoms with van der Waals surface area (Å²) in [5, 5.41) is 11.0. The normalized spacial score (nSPS) is 11.7.